The van der Waals surface area contributed by atoms with Crippen LogP contribution in [0.4, 0.5) is 5.69 Å². The number of amides is 1. The van der Waals surface area contributed by atoms with Crippen molar-refractivity contribution in [3.8, 4) is 0 Å². The number of hydrogen-bond acceptors (Lipinski definition) is 3. The summed E-state index contributed by atoms with van der Waals surface area (Å²) < 4.78 is 5.53. The second-order valence-electron chi connectivity index (χ2n) is 2.85. The van der Waals surface area contributed by atoms with Crippen molar-refractivity contribution in [1.82, 2.24) is 5.16 Å². The standard InChI is InChI=1S/C10H7BrN2O2/c11-7-1-3-8(4-2-7)12-10(14)9-5-6-15-13-9/h1-6H,(H,12,14). The van der Waals surface area contributed by atoms with E-state index in [0.29, 0.717) is 5.69 Å². The van der Waals surface area contributed by atoms with Gasteiger partial charge < -0.3 is 9.84 Å². The fourth-order valence-corrected chi connectivity index (χ4v) is 1.32. The van der Waals surface area contributed by atoms with E-state index in [-0.39, 0.29) is 11.6 Å². The van der Waals surface area contributed by atoms with Crippen LogP contribution in [0.1, 0.15) is 10.5 Å². The first kappa shape index (κ1) is 9.92. The summed E-state index contributed by atoms with van der Waals surface area (Å²) in [5.74, 6) is -0.286. The molecule has 76 valence electrons. The van der Waals surface area contributed by atoms with Gasteiger partial charge in [0.25, 0.3) is 5.91 Å². The first-order chi connectivity index (χ1) is 7.25. The Morgan fingerprint density at radius 2 is 2.00 bits per heavy atom. The average molecular weight is 267 g/mol. The van der Waals surface area contributed by atoms with Crippen LogP contribution in [0.5, 0.6) is 0 Å². The predicted molar refractivity (Wildman–Crippen MR) is 58.6 cm³/mol. The van der Waals surface area contributed by atoms with E-state index in [0.717, 1.165) is 4.47 Å². The summed E-state index contributed by atoms with van der Waals surface area (Å²) in [5.41, 5.74) is 0.976. The largest absolute Gasteiger partial charge is 0.364 e. The minimum Gasteiger partial charge on any atom is -0.364 e. The van der Waals surface area contributed by atoms with E-state index in [2.05, 4.69) is 30.9 Å². The Labute approximate surface area is 94.4 Å². The number of aromatic nitrogens is 1. The molecule has 0 aliphatic carbocycles. The Hall–Kier alpha value is -1.62. The van der Waals surface area contributed by atoms with Gasteiger partial charge in [0, 0.05) is 16.2 Å². The van der Waals surface area contributed by atoms with E-state index in [1.165, 1.54) is 12.3 Å². The van der Waals surface area contributed by atoms with E-state index in [4.69, 9.17) is 0 Å². The first-order valence-electron chi connectivity index (χ1n) is 4.23. The minimum atomic E-state index is -0.286. The van der Waals surface area contributed by atoms with Crippen molar-refractivity contribution in [2.45, 2.75) is 0 Å². The van der Waals surface area contributed by atoms with Crippen molar-refractivity contribution in [3.05, 3.63) is 46.8 Å². The minimum absolute atomic E-state index is 0.262. The molecule has 4 nitrogen and oxygen atoms in total. The molecule has 0 spiro atoms. The van der Waals surface area contributed by atoms with Gasteiger partial charge in [-0.25, -0.2) is 0 Å². The topological polar surface area (TPSA) is 55.1 Å². The molecule has 1 N–H and O–H groups in total. The Kier molecular flexibility index (Phi) is 2.82. The molecule has 0 saturated carbocycles. The summed E-state index contributed by atoms with van der Waals surface area (Å²) in [7, 11) is 0. The van der Waals surface area contributed by atoms with E-state index < -0.39 is 0 Å². The van der Waals surface area contributed by atoms with Gasteiger partial charge in [0.1, 0.15) is 6.26 Å². The molecule has 0 aliphatic heterocycles. The van der Waals surface area contributed by atoms with Crippen LogP contribution < -0.4 is 5.32 Å². The number of nitrogens with zero attached hydrogens (tertiary/aromatic N) is 1. The zero-order valence-electron chi connectivity index (χ0n) is 7.61. The van der Waals surface area contributed by atoms with E-state index in [9.17, 15) is 4.79 Å². The number of halogens is 1. The zero-order chi connectivity index (χ0) is 10.7. The third-order valence-electron chi connectivity index (χ3n) is 1.77. The molecule has 2 rings (SSSR count). The molecule has 0 radical (unpaired) electrons. The molecular formula is C10H7BrN2O2. The molecule has 5 heteroatoms. The molecule has 1 aromatic heterocycles. The van der Waals surface area contributed by atoms with E-state index in [1.807, 2.05) is 12.1 Å². The Bertz CT molecular complexity index is 451. The fraction of sp³-hybridized carbons (Fsp3) is 0. The Balaban J connectivity index is 2.09. The van der Waals surface area contributed by atoms with Gasteiger partial charge in [-0.1, -0.05) is 21.1 Å². The molecule has 0 unspecified atom stereocenters. The van der Waals surface area contributed by atoms with Crippen molar-refractivity contribution in [2.24, 2.45) is 0 Å². The van der Waals surface area contributed by atoms with Gasteiger partial charge in [0.15, 0.2) is 5.69 Å². The molecular weight excluding hydrogens is 260 g/mol. The molecule has 0 saturated heterocycles. The summed E-state index contributed by atoms with van der Waals surface area (Å²) in [6.07, 6.45) is 1.36. The van der Waals surface area contributed by atoms with Gasteiger partial charge >= 0.3 is 0 Å². The van der Waals surface area contributed by atoms with Gasteiger partial charge in [-0.3, -0.25) is 4.79 Å². The second-order valence-corrected chi connectivity index (χ2v) is 3.76. The Morgan fingerprint density at radius 3 is 2.60 bits per heavy atom. The lowest BCUT2D eigenvalue weighted by atomic mass is 10.3. The maximum atomic E-state index is 11.5. The molecule has 2 aromatic rings. The lowest BCUT2D eigenvalue weighted by Crippen LogP contribution is -2.11. The van der Waals surface area contributed by atoms with Crippen LogP contribution >= 0.6 is 15.9 Å². The van der Waals surface area contributed by atoms with Crippen molar-refractivity contribution in [1.29, 1.82) is 0 Å². The highest BCUT2D eigenvalue weighted by atomic mass is 79.9. The van der Waals surface area contributed by atoms with Crippen LogP contribution in [0.15, 0.2) is 45.6 Å². The first-order valence-corrected chi connectivity index (χ1v) is 5.02. The van der Waals surface area contributed by atoms with E-state index in [1.54, 1.807) is 12.1 Å². The monoisotopic (exact) mass is 266 g/mol. The van der Waals surface area contributed by atoms with Gasteiger partial charge in [0.2, 0.25) is 0 Å². The fourth-order valence-electron chi connectivity index (χ4n) is 1.06. The third-order valence-corrected chi connectivity index (χ3v) is 2.30. The number of nitrogens with one attached hydrogen (secondary N) is 1. The number of carbonyl (C=O) groups is 1. The van der Waals surface area contributed by atoms with Crippen molar-refractivity contribution in [2.75, 3.05) is 5.32 Å². The summed E-state index contributed by atoms with van der Waals surface area (Å²) in [6.45, 7) is 0. The highest BCUT2D eigenvalue weighted by molar-refractivity contribution is 9.10. The van der Waals surface area contributed by atoms with Crippen LogP contribution in [0.2, 0.25) is 0 Å². The van der Waals surface area contributed by atoms with Gasteiger partial charge in [-0.2, -0.15) is 0 Å². The maximum Gasteiger partial charge on any atom is 0.277 e. The summed E-state index contributed by atoms with van der Waals surface area (Å²) in [6, 6.07) is 8.79. The highest BCUT2D eigenvalue weighted by Gasteiger charge is 2.08. The normalized spacial score (nSPS) is 9.93. The smallest absolute Gasteiger partial charge is 0.277 e. The SMILES string of the molecule is O=C(Nc1ccc(Br)cc1)c1ccon1. The van der Waals surface area contributed by atoms with Crippen LogP contribution in [0.25, 0.3) is 0 Å². The van der Waals surface area contributed by atoms with Gasteiger partial charge in [-0.05, 0) is 24.3 Å². The molecule has 0 fully saturated rings. The van der Waals surface area contributed by atoms with Gasteiger partial charge in [0.05, 0.1) is 0 Å². The maximum absolute atomic E-state index is 11.5. The number of hydrogen-bond donors (Lipinski definition) is 1. The average Bonchev–Trinajstić information content (AvgIpc) is 2.74. The molecule has 1 heterocycles. The van der Waals surface area contributed by atoms with Crippen LogP contribution in [0, 0.1) is 0 Å². The van der Waals surface area contributed by atoms with Crippen LogP contribution in [-0.2, 0) is 0 Å². The molecule has 0 aliphatic rings. The van der Waals surface area contributed by atoms with Crippen molar-refractivity contribution >= 4 is 27.5 Å². The predicted octanol–water partition coefficient (Wildman–Crippen LogP) is 2.69. The van der Waals surface area contributed by atoms with Crippen molar-refractivity contribution < 1.29 is 9.32 Å². The van der Waals surface area contributed by atoms with Crippen LogP contribution in [0.3, 0.4) is 0 Å². The lowest BCUT2D eigenvalue weighted by molar-refractivity contribution is 0.101. The Morgan fingerprint density at radius 1 is 1.27 bits per heavy atom. The number of rotatable bonds is 2. The molecule has 1 aromatic carbocycles. The number of anilines is 1. The quantitative estimate of drug-likeness (QED) is 0.910. The number of benzene rings is 1. The van der Waals surface area contributed by atoms with E-state index >= 15 is 0 Å². The lowest BCUT2D eigenvalue weighted by Gasteiger charge is -2.01. The number of carbonyl (C=O) groups excluding carboxylic acids is 1. The molecule has 0 atom stereocenters. The molecule has 1 amide bonds. The summed E-state index contributed by atoms with van der Waals surface area (Å²) in [4.78, 5) is 11.5. The third kappa shape index (κ3) is 2.44. The highest BCUT2D eigenvalue weighted by Crippen LogP contribution is 2.14. The zero-order valence-corrected chi connectivity index (χ0v) is 9.19. The molecule has 0 bridgehead atoms. The van der Waals surface area contributed by atoms with Crippen LogP contribution in [-0.4, -0.2) is 11.1 Å². The summed E-state index contributed by atoms with van der Waals surface area (Å²) in [5, 5.41) is 6.22. The van der Waals surface area contributed by atoms with Gasteiger partial charge in [-0.15, -0.1) is 0 Å². The molecule has 15 heavy (non-hydrogen) atoms. The van der Waals surface area contributed by atoms with Crippen molar-refractivity contribution in [3.63, 3.8) is 0 Å². The summed E-state index contributed by atoms with van der Waals surface area (Å²) >= 11 is 3.31. The second kappa shape index (κ2) is 4.27.